The molecule has 0 aromatic heterocycles. The highest BCUT2D eigenvalue weighted by Crippen LogP contribution is 2.23. The third kappa shape index (κ3) is 2.39. The molecule has 1 aliphatic rings. The molecule has 1 unspecified atom stereocenters. The highest BCUT2D eigenvalue weighted by molar-refractivity contribution is 5.85. The van der Waals surface area contributed by atoms with E-state index in [0.717, 1.165) is 30.5 Å². The predicted octanol–water partition coefficient (Wildman–Crippen LogP) is 1.22. The summed E-state index contributed by atoms with van der Waals surface area (Å²) in [5, 5.41) is 9.61. The molecule has 1 atom stereocenters. The van der Waals surface area contributed by atoms with Gasteiger partial charge in [0.1, 0.15) is 0 Å². The number of hydrogen-bond donors (Lipinski definition) is 2. The van der Waals surface area contributed by atoms with Crippen molar-refractivity contribution in [3.63, 3.8) is 0 Å². The van der Waals surface area contributed by atoms with Gasteiger partial charge in [-0.3, -0.25) is 4.99 Å². The summed E-state index contributed by atoms with van der Waals surface area (Å²) in [5.74, 6) is 0. The number of nitrogens with two attached hydrogens (primary N) is 1. The molecule has 0 amide bonds. The first-order valence-electron chi connectivity index (χ1n) is 4.81. The van der Waals surface area contributed by atoms with E-state index in [-0.39, 0.29) is 0 Å². The minimum absolute atomic E-state index is 0.424. The van der Waals surface area contributed by atoms with Crippen LogP contribution in [0.15, 0.2) is 16.1 Å². The largest absolute Gasteiger partial charge is 0.368 e. The molecule has 74 valence electrons. The van der Waals surface area contributed by atoms with E-state index in [1.807, 2.05) is 6.92 Å². The summed E-state index contributed by atoms with van der Waals surface area (Å²) in [5.41, 5.74) is 8.79. The first-order valence-corrected chi connectivity index (χ1v) is 4.81. The number of rotatable bonds is 3. The van der Waals surface area contributed by atoms with E-state index in [1.54, 1.807) is 0 Å². The van der Waals surface area contributed by atoms with Crippen LogP contribution in [0.5, 0.6) is 0 Å². The lowest BCUT2D eigenvalue weighted by atomic mass is 9.95. The van der Waals surface area contributed by atoms with Gasteiger partial charge in [0.2, 0.25) is 0 Å². The van der Waals surface area contributed by atoms with Gasteiger partial charge in [-0.2, -0.15) is 0 Å². The number of hydrogen-bond acceptors (Lipinski definition) is 3. The zero-order valence-electron chi connectivity index (χ0n) is 8.38. The molecule has 3 N–H and O–H groups in total. The zero-order chi connectivity index (χ0) is 9.84. The summed E-state index contributed by atoms with van der Waals surface area (Å²) in [6.45, 7) is 4.51. The fraction of sp³-hybridized carbons (Fsp3) is 0.700. The quantitative estimate of drug-likeness (QED) is 0.645. The van der Waals surface area contributed by atoms with Crippen molar-refractivity contribution in [2.75, 3.05) is 6.54 Å². The van der Waals surface area contributed by atoms with Crippen LogP contribution < -0.4 is 5.73 Å². The van der Waals surface area contributed by atoms with Crippen molar-refractivity contribution in [3.8, 4) is 0 Å². The van der Waals surface area contributed by atoms with Crippen LogP contribution in [-0.4, -0.2) is 23.6 Å². The average molecular weight is 182 g/mol. The Morgan fingerprint density at radius 3 is 2.85 bits per heavy atom. The van der Waals surface area contributed by atoms with E-state index in [4.69, 9.17) is 5.73 Å². The zero-order valence-corrected chi connectivity index (χ0v) is 8.38. The molecule has 0 bridgehead atoms. The van der Waals surface area contributed by atoms with Gasteiger partial charge in [0.15, 0.2) is 6.23 Å². The second-order valence-corrected chi connectivity index (χ2v) is 3.50. The molecule has 1 heterocycles. The van der Waals surface area contributed by atoms with Gasteiger partial charge in [-0.15, -0.1) is 0 Å². The fourth-order valence-corrected chi connectivity index (χ4v) is 1.74. The SMILES string of the molecule is CCCC1=C(CN)C(O)N=C(C)C1. The second kappa shape index (κ2) is 4.53. The summed E-state index contributed by atoms with van der Waals surface area (Å²) in [4.78, 5) is 4.10. The number of aliphatic imine (C=N–C) groups is 1. The number of allylic oxidation sites excluding steroid dienone is 1. The van der Waals surface area contributed by atoms with Crippen molar-refractivity contribution in [3.05, 3.63) is 11.1 Å². The molecular weight excluding hydrogens is 164 g/mol. The maximum Gasteiger partial charge on any atom is 0.168 e. The first-order chi connectivity index (χ1) is 6.19. The number of aliphatic hydroxyl groups excluding tert-OH is 1. The molecule has 0 spiro atoms. The van der Waals surface area contributed by atoms with Gasteiger partial charge in [-0.05, 0) is 18.9 Å². The van der Waals surface area contributed by atoms with Gasteiger partial charge < -0.3 is 10.8 Å². The molecule has 1 aliphatic heterocycles. The monoisotopic (exact) mass is 182 g/mol. The number of dihydropyridines is 1. The van der Waals surface area contributed by atoms with Gasteiger partial charge in [0.05, 0.1) is 0 Å². The van der Waals surface area contributed by atoms with Crippen molar-refractivity contribution >= 4 is 5.71 Å². The van der Waals surface area contributed by atoms with E-state index >= 15 is 0 Å². The molecule has 0 saturated carbocycles. The van der Waals surface area contributed by atoms with Gasteiger partial charge in [0.25, 0.3) is 0 Å². The summed E-state index contributed by atoms with van der Waals surface area (Å²) in [7, 11) is 0. The molecule has 0 aliphatic carbocycles. The highest BCUT2D eigenvalue weighted by Gasteiger charge is 2.18. The van der Waals surface area contributed by atoms with Gasteiger partial charge in [-0.1, -0.05) is 18.9 Å². The molecule has 3 nitrogen and oxygen atoms in total. The molecule has 0 aromatic rings. The van der Waals surface area contributed by atoms with E-state index < -0.39 is 6.23 Å². The van der Waals surface area contributed by atoms with Crippen molar-refractivity contribution in [2.45, 2.75) is 39.3 Å². The molecule has 0 aromatic carbocycles. The predicted molar refractivity (Wildman–Crippen MR) is 54.7 cm³/mol. The maximum atomic E-state index is 9.61. The van der Waals surface area contributed by atoms with Crippen LogP contribution in [0.3, 0.4) is 0 Å². The van der Waals surface area contributed by atoms with E-state index in [1.165, 1.54) is 5.57 Å². The lowest BCUT2D eigenvalue weighted by molar-refractivity contribution is 0.215. The Morgan fingerprint density at radius 1 is 1.62 bits per heavy atom. The van der Waals surface area contributed by atoms with Crippen molar-refractivity contribution in [1.29, 1.82) is 0 Å². The molecular formula is C10H18N2O. The van der Waals surface area contributed by atoms with E-state index in [0.29, 0.717) is 6.54 Å². The Balaban J connectivity index is 2.83. The van der Waals surface area contributed by atoms with Crippen molar-refractivity contribution < 1.29 is 5.11 Å². The van der Waals surface area contributed by atoms with Crippen LogP contribution >= 0.6 is 0 Å². The smallest absolute Gasteiger partial charge is 0.168 e. The summed E-state index contributed by atoms with van der Waals surface area (Å²) < 4.78 is 0. The van der Waals surface area contributed by atoms with Crippen LogP contribution in [-0.2, 0) is 0 Å². The van der Waals surface area contributed by atoms with Gasteiger partial charge in [-0.25, -0.2) is 0 Å². The molecule has 0 radical (unpaired) electrons. The Labute approximate surface area is 79.4 Å². The van der Waals surface area contributed by atoms with Crippen LogP contribution in [0, 0.1) is 0 Å². The average Bonchev–Trinajstić information content (AvgIpc) is 2.04. The van der Waals surface area contributed by atoms with E-state index in [2.05, 4.69) is 11.9 Å². The van der Waals surface area contributed by atoms with Crippen LogP contribution in [0.1, 0.15) is 33.1 Å². The minimum atomic E-state index is -0.680. The van der Waals surface area contributed by atoms with E-state index in [9.17, 15) is 5.11 Å². The van der Waals surface area contributed by atoms with Crippen LogP contribution in [0.4, 0.5) is 0 Å². The minimum Gasteiger partial charge on any atom is -0.368 e. The van der Waals surface area contributed by atoms with Crippen molar-refractivity contribution in [1.82, 2.24) is 0 Å². The molecule has 3 heteroatoms. The Hall–Kier alpha value is -0.670. The maximum absolute atomic E-state index is 9.61. The fourth-order valence-electron chi connectivity index (χ4n) is 1.74. The second-order valence-electron chi connectivity index (χ2n) is 3.50. The third-order valence-electron chi connectivity index (χ3n) is 2.35. The normalized spacial score (nSPS) is 23.4. The Kier molecular flexibility index (Phi) is 3.63. The lowest BCUT2D eigenvalue weighted by Crippen LogP contribution is -2.24. The van der Waals surface area contributed by atoms with Gasteiger partial charge in [0, 0.05) is 18.7 Å². The highest BCUT2D eigenvalue weighted by atomic mass is 16.3. The first kappa shape index (κ1) is 10.4. The number of nitrogens with zero attached hydrogens (tertiary/aromatic N) is 1. The topological polar surface area (TPSA) is 58.6 Å². The Morgan fingerprint density at radius 2 is 2.31 bits per heavy atom. The van der Waals surface area contributed by atoms with Gasteiger partial charge >= 0.3 is 0 Å². The van der Waals surface area contributed by atoms with Crippen LogP contribution in [0.25, 0.3) is 0 Å². The molecule has 13 heavy (non-hydrogen) atoms. The molecule has 0 saturated heterocycles. The number of aliphatic hydroxyl groups is 1. The van der Waals surface area contributed by atoms with Crippen LogP contribution in [0.2, 0.25) is 0 Å². The summed E-state index contributed by atoms with van der Waals surface area (Å²) in [6.07, 6.45) is 2.33. The summed E-state index contributed by atoms with van der Waals surface area (Å²) in [6, 6.07) is 0. The summed E-state index contributed by atoms with van der Waals surface area (Å²) >= 11 is 0. The lowest BCUT2D eigenvalue weighted by Gasteiger charge is -2.21. The molecule has 1 rings (SSSR count). The Bertz CT molecular complexity index is 243. The molecule has 0 fully saturated rings. The third-order valence-corrected chi connectivity index (χ3v) is 2.35. The standard InChI is InChI=1S/C10H18N2O/c1-3-4-8-5-7(2)12-10(13)9(8)6-11/h10,13H,3-6,11H2,1-2H3. The van der Waals surface area contributed by atoms with Crippen molar-refractivity contribution in [2.24, 2.45) is 10.7 Å².